The fourth-order valence-electron chi connectivity index (χ4n) is 3.08. The number of anilines is 1. The van der Waals surface area contributed by atoms with Crippen molar-refractivity contribution in [3.8, 4) is 5.75 Å². The Kier molecular flexibility index (Phi) is 6.79. The second-order valence-corrected chi connectivity index (χ2v) is 6.78. The molecule has 0 unspecified atom stereocenters. The van der Waals surface area contributed by atoms with Gasteiger partial charge in [0.15, 0.2) is 0 Å². The van der Waals surface area contributed by atoms with Gasteiger partial charge in [-0.3, -0.25) is 4.79 Å². The van der Waals surface area contributed by atoms with Crippen molar-refractivity contribution in [2.24, 2.45) is 0 Å². The van der Waals surface area contributed by atoms with E-state index in [0.29, 0.717) is 30.4 Å². The van der Waals surface area contributed by atoms with Crippen molar-refractivity contribution in [2.75, 3.05) is 19.0 Å². The van der Waals surface area contributed by atoms with Crippen molar-refractivity contribution in [3.63, 3.8) is 0 Å². The molecule has 29 heavy (non-hydrogen) atoms. The molecule has 0 fully saturated rings. The van der Waals surface area contributed by atoms with Gasteiger partial charge in [-0.1, -0.05) is 42.5 Å². The Labute approximate surface area is 171 Å². The molecule has 2 N–H and O–H groups in total. The van der Waals surface area contributed by atoms with E-state index in [0.717, 1.165) is 28.9 Å². The van der Waals surface area contributed by atoms with E-state index in [2.05, 4.69) is 20.6 Å². The average molecular weight is 390 g/mol. The fourth-order valence-corrected chi connectivity index (χ4v) is 3.08. The zero-order valence-corrected chi connectivity index (χ0v) is 17.0. The van der Waals surface area contributed by atoms with Gasteiger partial charge >= 0.3 is 0 Å². The maximum absolute atomic E-state index is 12.6. The summed E-state index contributed by atoms with van der Waals surface area (Å²) in [4.78, 5) is 21.2. The van der Waals surface area contributed by atoms with E-state index >= 15 is 0 Å². The summed E-state index contributed by atoms with van der Waals surface area (Å²) in [6, 6.07) is 17.6. The van der Waals surface area contributed by atoms with E-state index in [4.69, 9.17) is 4.74 Å². The number of hydrogen-bond acceptors (Lipinski definition) is 5. The molecule has 6 heteroatoms. The molecule has 1 aromatic heterocycles. The van der Waals surface area contributed by atoms with Gasteiger partial charge < -0.3 is 15.4 Å². The summed E-state index contributed by atoms with van der Waals surface area (Å²) in [6.07, 6.45) is 0.780. The first-order chi connectivity index (χ1) is 14.1. The lowest BCUT2D eigenvalue weighted by molar-refractivity contribution is 0.0945. The van der Waals surface area contributed by atoms with Crippen molar-refractivity contribution < 1.29 is 9.53 Å². The van der Waals surface area contributed by atoms with Crippen LogP contribution in [0, 0.1) is 13.8 Å². The first kappa shape index (κ1) is 20.3. The van der Waals surface area contributed by atoms with E-state index in [9.17, 15) is 4.79 Å². The van der Waals surface area contributed by atoms with Crippen molar-refractivity contribution in [1.82, 2.24) is 15.3 Å². The minimum Gasteiger partial charge on any atom is -0.496 e. The minimum atomic E-state index is -0.216. The highest BCUT2D eigenvalue weighted by molar-refractivity contribution is 5.92. The van der Waals surface area contributed by atoms with Gasteiger partial charge in [0.2, 0.25) is 0 Å². The van der Waals surface area contributed by atoms with Crippen LogP contribution in [0.15, 0.2) is 54.6 Å². The van der Waals surface area contributed by atoms with E-state index in [1.54, 1.807) is 20.1 Å². The molecule has 0 aliphatic rings. The van der Waals surface area contributed by atoms with Gasteiger partial charge in [-0.2, -0.15) is 0 Å². The highest BCUT2D eigenvalue weighted by atomic mass is 16.5. The Morgan fingerprint density at radius 3 is 2.48 bits per heavy atom. The van der Waals surface area contributed by atoms with Gasteiger partial charge in [-0.15, -0.1) is 0 Å². The highest BCUT2D eigenvalue weighted by Gasteiger charge is 2.11. The highest BCUT2D eigenvalue weighted by Crippen LogP contribution is 2.18. The van der Waals surface area contributed by atoms with Gasteiger partial charge in [-0.05, 0) is 43.0 Å². The van der Waals surface area contributed by atoms with Crippen LogP contribution in [0.1, 0.15) is 33.0 Å². The summed E-state index contributed by atoms with van der Waals surface area (Å²) in [5.74, 6) is 1.83. The van der Waals surface area contributed by atoms with E-state index in [-0.39, 0.29) is 5.91 Å². The first-order valence-corrected chi connectivity index (χ1v) is 9.61. The molecule has 0 saturated heterocycles. The molecule has 0 aliphatic heterocycles. The van der Waals surface area contributed by atoms with E-state index in [1.165, 1.54) is 0 Å². The Hall–Kier alpha value is -3.41. The molecule has 0 aliphatic carbocycles. The number of carbonyl (C=O) groups excluding carboxylic acids is 1. The number of carbonyl (C=O) groups is 1. The van der Waals surface area contributed by atoms with Crippen LogP contribution in [0.2, 0.25) is 0 Å². The van der Waals surface area contributed by atoms with E-state index in [1.807, 2.05) is 55.5 Å². The second kappa shape index (κ2) is 9.68. The Balaban J connectivity index is 1.61. The number of benzene rings is 2. The number of rotatable bonds is 8. The SMILES string of the molecule is COc1ccccc1CCNc1cc(C(=O)NCc2ccccc2C)nc(C)n1. The lowest BCUT2D eigenvalue weighted by Gasteiger charge is -2.11. The fraction of sp³-hybridized carbons (Fsp3) is 0.261. The molecule has 0 bridgehead atoms. The summed E-state index contributed by atoms with van der Waals surface area (Å²) in [7, 11) is 1.67. The van der Waals surface area contributed by atoms with Gasteiger partial charge in [0.1, 0.15) is 23.1 Å². The average Bonchev–Trinajstić information content (AvgIpc) is 2.73. The summed E-state index contributed by atoms with van der Waals surface area (Å²) in [5, 5.41) is 6.21. The zero-order chi connectivity index (χ0) is 20.6. The molecule has 3 aromatic rings. The van der Waals surface area contributed by atoms with Gasteiger partial charge in [-0.25, -0.2) is 9.97 Å². The molecule has 0 spiro atoms. The Bertz CT molecular complexity index is 988. The number of nitrogens with zero attached hydrogens (tertiary/aromatic N) is 2. The third-order valence-corrected chi connectivity index (χ3v) is 4.66. The number of hydrogen-bond donors (Lipinski definition) is 2. The molecule has 6 nitrogen and oxygen atoms in total. The van der Waals surface area contributed by atoms with Gasteiger partial charge in [0.25, 0.3) is 5.91 Å². The van der Waals surface area contributed by atoms with Crippen LogP contribution in [0.4, 0.5) is 5.82 Å². The lowest BCUT2D eigenvalue weighted by Crippen LogP contribution is -2.25. The van der Waals surface area contributed by atoms with Crippen molar-refractivity contribution in [2.45, 2.75) is 26.8 Å². The van der Waals surface area contributed by atoms with Crippen LogP contribution in [0.5, 0.6) is 5.75 Å². The van der Waals surface area contributed by atoms with Crippen LogP contribution >= 0.6 is 0 Å². The van der Waals surface area contributed by atoms with Crippen molar-refractivity contribution >= 4 is 11.7 Å². The predicted molar refractivity (Wildman–Crippen MR) is 114 cm³/mol. The third-order valence-electron chi connectivity index (χ3n) is 4.66. The maximum atomic E-state index is 12.6. The van der Waals surface area contributed by atoms with Crippen LogP contribution in [0.3, 0.4) is 0 Å². The van der Waals surface area contributed by atoms with E-state index < -0.39 is 0 Å². The number of ether oxygens (including phenoxy) is 1. The quantitative estimate of drug-likeness (QED) is 0.614. The summed E-state index contributed by atoms with van der Waals surface area (Å²) in [5.41, 5.74) is 3.70. The Morgan fingerprint density at radius 2 is 1.72 bits per heavy atom. The predicted octanol–water partition coefficient (Wildman–Crippen LogP) is 3.69. The number of methoxy groups -OCH3 is 1. The minimum absolute atomic E-state index is 0.216. The maximum Gasteiger partial charge on any atom is 0.270 e. The molecular weight excluding hydrogens is 364 g/mol. The Morgan fingerprint density at radius 1 is 1.00 bits per heavy atom. The largest absolute Gasteiger partial charge is 0.496 e. The number of amides is 1. The zero-order valence-electron chi connectivity index (χ0n) is 17.0. The van der Waals surface area contributed by atoms with Crippen molar-refractivity contribution in [1.29, 1.82) is 0 Å². The smallest absolute Gasteiger partial charge is 0.270 e. The second-order valence-electron chi connectivity index (χ2n) is 6.78. The molecule has 1 heterocycles. The molecule has 150 valence electrons. The topological polar surface area (TPSA) is 76.1 Å². The molecule has 0 radical (unpaired) electrons. The summed E-state index contributed by atoms with van der Waals surface area (Å²) >= 11 is 0. The third kappa shape index (κ3) is 5.54. The first-order valence-electron chi connectivity index (χ1n) is 9.61. The number of para-hydroxylation sites is 1. The van der Waals surface area contributed by atoms with Crippen LogP contribution in [0.25, 0.3) is 0 Å². The standard InChI is InChI=1S/C23H26N4O2/c1-16-8-4-5-10-19(16)15-25-23(28)20-14-22(27-17(2)26-20)24-13-12-18-9-6-7-11-21(18)29-3/h4-11,14H,12-13,15H2,1-3H3,(H,25,28)(H,24,26,27). The van der Waals surface area contributed by atoms with Crippen molar-refractivity contribution in [3.05, 3.63) is 82.8 Å². The number of aryl methyl sites for hydroxylation is 2. The summed E-state index contributed by atoms with van der Waals surface area (Å²) in [6.45, 7) is 4.94. The summed E-state index contributed by atoms with van der Waals surface area (Å²) < 4.78 is 5.38. The normalized spacial score (nSPS) is 10.4. The van der Waals surface area contributed by atoms with Crippen LogP contribution in [-0.2, 0) is 13.0 Å². The monoisotopic (exact) mass is 390 g/mol. The number of aromatic nitrogens is 2. The number of nitrogens with one attached hydrogen (secondary N) is 2. The van der Waals surface area contributed by atoms with Gasteiger partial charge in [0, 0.05) is 19.2 Å². The molecule has 0 atom stereocenters. The molecule has 0 saturated carbocycles. The lowest BCUT2D eigenvalue weighted by atomic mass is 10.1. The molecular formula is C23H26N4O2. The molecule has 3 rings (SSSR count). The molecule has 1 amide bonds. The molecule has 2 aromatic carbocycles. The van der Waals surface area contributed by atoms with Crippen LogP contribution in [-0.4, -0.2) is 29.5 Å². The van der Waals surface area contributed by atoms with Crippen LogP contribution < -0.4 is 15.4 Å². The van der Waals surface area contributed by atoms with Gasteiger partial charge in [0.05, 0.1) is 7.11 Å².